The Labute approximate surface area is 191 Å². The molecule has 4 rings (SSSR count). The third kappa shape index (κ3) is 4.01. The number of halogens is 1. The monoisotopic (exact) mass is 471 g/mol. The van der Waals surface area contributed by atoms with Crippen molar-refractivity contribution in [3.05, 3.63) is 59.1 Å². The van der Waals surface area contributed by atoms with Crippen LogP contribution in [0, 0.1) is 6.92 Å². The molecule has 0 spiro atoms. The van der Waals surface area contributed by atoms with E-state index in [4.69, 9.17) is 16.3 Å². The second-order valence-electron chi connectivity index (χ2n) is 7.47. The third-order valence-corrected chi connectivity index (χ3v) is 6.84. The van der Waals surface area contributed by atoms with Gasteiger partial charge >= 0.3 is 0 Å². The Bertz CT molecular complexity index is 1400. The summed E-state index contributed by atoms with van der Waals surface area (Å²) in [6.45, 7) is 3.88. The van der Waals surface area contributed by atoms with Gasteiger partial charge in [-0.2, -0.15) is 0 Å². The number of fused-ring (bicyclic) bond motifs is 1. The number of H-pyrrole nitrogens is 1. The third-order valence-electron chi connectivity index (χ3n) is 5.32. The summed E-state index contributed by atoms with van der Waals surface area (Å²) in [6.07, 6.45) is 4.20. The van der Waals surface area contributed by atoms with E-state index in [2.05, 4.69) is 25.3 Å². The van der Waals surface area contributed by atoms with E-state index in [-0.39, 0.29) is 10.9 Å². The van der Waals surface area contributed by atoms with Crippen molar-refractivity contribution in [2.75, 3.05) is 18.7 Å². The van der Waals surface area contributed by atoms with Crippen molar-refractivity contribution in [1.82, 2.24) is 19.9 Å². The van der Waals surface area contributed by atoms with Crippen molar-refractivity contribution < 1.29 is 13.2 Å². The molecule has 8 nitrogen and oxygen atoms in total. The number of aromatic amines is 1. The zero-order chi connectivity index (χ0) is 23.0. The van der Waals surface area contributed by atoms with Gasteiger partial charge in [-0.05, 0) is 43.2 Å². The number of methoxy groups -OCH3 is 1. The topological polar surface area (TPSA) is 110 Å². The lowest BCUT2D eigenvalue weighted by Gasteiger charge is -2.23. The molecule has 32 heavy (non-hydrogen) atoms. The van der Waals surface area contributed by atoms with E-state index in [9.17, 15) is 8.42 Å². The highest BCUT2D eigenvalue weighted by atomic mass is 35.5. The summed E-state index contributed by atoms with van der Waals surface area (Å²) < 4.78 is 29.5. The Kier molecular flexibility index (Phi) is 5.79. The van der Waals surface area contributed by atoms with Crippen molar-refractivity contribution in [2.45, 2.75) is 24.8 Å². The number of hydrogen-bond donors (Lipinski definition) is 2. The normalized spacial score (nSPS) is 12.7. The van der Waals surface area contributed by atoms with Crippen LogP contribution in [0.3, 0.4) is 0 Å². The number of hydrogen-bond acceptors (Lipinski definition) is 7. The van der Waals surface area contributed by atoms with Crippen LogP contribution in [0.2, 0.25) is 5.02 Å². The van der Waals surface area contributed by atoms with Gasteiger partial charge in [-0.15, -0.1) is 0 Å². The first-order chi connectivity index (χ1) is 15.2. The molecule has 1 atom stereocenters. The molecule has 166 valence electrons. The largest absolute Gasteiger partial charge is 0.496 e. The van der Waals surface area contributed by atoms with Crippen LogP contribution in [0.4, 0.5) is 5.82 Å². The quantitative estimate of drug-likeness (QED) is 0.424. The van der Waals surface area contributed by atoms with Crippen LogP contribution in [0.1, 0.15) is 24.1 Å². The summed E-state index contributed by atoms with van der Waals surface area (Å²) in [7, 11) is -1.69. The fourth-order valence-corrected chi connectivity index (χ4v) is 4.50. The average Bonchev–Trinajstić information content (AvgIpc) is 3.24. The van der Waals surface area contributed by atoms with Gasteiger partial charge in [0, 0.05) is 22.4 Å². The fourth-order valence-electron chi connectivity index (χ4n) is 3.66. The number of ether oxygens (including phenoxy) is 1. The Morgan fingerprint density at radius 3 is 2.53 bits per heavy atom. The van der Waals surface area contributed by atoms with Gasteiger partial charge in [0.15, 0.2) is 21.3 Å². The molecule has 0 aliphatic heterocycles. The summed E-state index contributed by atoms with van der Waals surface area (Å²) in [5.74, 6) is 1.26. The molecule has 0 radical (unpaired) electrons. The number of rotatable bonds is 6. The van der Waals surface area contributed by atoms with Gasteiger partial charge in [-0.1, -0.05) is 23.7 Å². The van der Waals surface area contributed by atoms with Gasteiger partial charge in [0.2, 0.25) is 0 Å². The van der Waals surface area contributed by atoms with Crippen LogP contribution in [0.5, 0.6) is 5.75 Å². The summed E-state index contributed by atoms with van der Waals surface area (Å²) in [6, 6.07) is 8.34. The van der Waals surface area contributed by atoms with Crippen molar-refractivity contribution in [3.8, 4) is 16.9 Å². The van der Waals surface area contributed by atoms with Gasteiger partial charge < -0.3 is 15.0 Å². The Morgan fingerprint density at radius 2 is 1.88 bits per heavy atom. The van der Waals surface area contributed by atoms with Gasteiger partial charge in [0.05, 0.1) is 24.4 Å². The van der Waals surface area contributed by atoms with Crippen LogP contribution < -0.4 is 10.1 Å². The van der Waals surface area contributed by atoms with Crippen LogP contribution in [-0.4, -0.2) is 41.7 Å². The predicted octanol–water partition coefficient (Wildman–Crippen LogP) is 4.57. The Hall–Kier alpha value is -3.17. The fraction of sp³-hybridized carbons (Fsp3) is 0.227. The van der Waals surface area contributed by atoms with E-state index < -0.39 is 9.84 Å². The maximum absolute atomic E-state index is 11.8. The number of imidazole rings is 1. The maximum atomic E-state index is 11.8. The predicted molar refractivity (Wildman–Crippen MR) is 125 cm³/mol. The average molecular weight is 472 g/mol. The molecule has 0 unspecified atom stereocenters. The lowest BCUT2D eigenvalue weighted by Crippen LogP contribution is -2.11. The minimum absolute atomic E-state index is 0.224. The molecular weight excluding hydrogens is 450 g/mol. The highest BCUT2D eigenvalue weighted by Crippen LogP contribution is 2.43. The number of sulfone groups is 1. The van der Waals surface area contributed by atoms with E-state index in [0.717, 1.165) is 22.3 Å². The zero-order valence-electron chi connectivity index (χ0n) is 18.0. The Morgan fingerprint density at radius 1 is 1.16 bits per heavy atom. The van der Waals surface area contributed by atoms with E-state index in [1.54, 1.807) is 37.7 Å². The lowest BCUT2D eigenvalue weighted by atomic mass is 9.94. The highest BCUT2D eigenvalue weighted by Gasteiger charge is 2.22. The van der Waals surface area contributed by atoms with Crippen molar-refractivity contribution in [1.29, 1.82) is 0 Å². The minimum atomic E-state index is -3.29. The highest BCUT2D eigenvalue weighted by molar-refractivity contribution is 7.90. The molecule has 2 aromatic heterocycles. The Balaban J connectivity index is 1.80. The van der Waals surface area contributed by atoms with Crippen LogP contribution >= 0.6 is 11.6 Å². The maximum Gasteiger partial charge on any atom is 0.182 e. The van der Waals surface area contributed by atoms with E-state index in [0.29, 0.717) is 27.8 Å². The molecule has 0 saturated carbocycles. The number of anilines is 1. The molecule has 0 bridgehead atoms. The summed E-state index contributed by atoms with van der Waals surface area (Å²) in [5, 5.41) is 3.95. The number of aromatic nitrogens is 4. The van der Waals surface area contributed by atoms with Gasteiger partial charge in [0.1, 0.15) is 17.6 Å². The molecule has 0 saturated heterocycles. The first-order valence-electron chi connectivity index (χ1n) is 9.78. The number of nitrogens with zero attached hydrogens (tertiary/aromatic N) is 3. The van der Waals surface area contributed by atoms with Crippen molar-refractivity contribution in [2.24, 2.45) is 0 Å². The second kappa shape index (κ2) is 8.40. The van der Waals surface area contributed by atoms with Gasteiger partial charge in [-0.25, -0.2) is 23.4 Å². The van der Waals surface area contributed by atoms with Crippen molar-refractivity contribution >= 4 is 38.4 Å². The molecule has 0 fully saturated rings. The second-order valence-corrected chi connectivity index (χ2v) is 9.89. The summed E-state index contributed by atoms with van der Waals surface area (Å²) in [5.41, 5.74) is 4.54. The summed E-state index contributed by atoms with van der Waals surface area (Å²) >= 11 is 6.61. The standard InChI is InChI=1S/C22H22ClN5O3S/c1-12-17(23)9-16(13(2)28-22-19-21(25-10-24-19)26-11-27-22)20(31-3)18(12)14-5-7-15(8-6-14)32(4,29)30/h5-11,13H,1-4H3,(H2,24,25,26,27,28)/t13-/m0/s1. The molecule has 0 aliphatic carbocycles. The SMILES string of the molecule is COc1c([C@H](C)Nc2ncnc3nc[nH]c23)cc(Cl)c(C)c1-c1ccc(S(C)(=O)=O)cc1. The molecule has 0 aliphatic rings. The first kappa shape index (κ1) is 22.0. The van der Waals surface area contributed by atoms with Crippen LogP contribution in [0.25, 0.3) is 22.3 Å². The molecule has 2 aromatic carbocycles. The smallest absolute Gasteiger partial charge is 0.182 e. The first-order valence-corrected chi connectivity index (χ1v) is 12.1. The van der Waals surface area contributed by atoms with Gasteiger partial charge in [-0.3, -0.25) is 0 Å². The molecule has 2 heterocycles. The molecule has 0 amide bonds. The number of nitrogens with one attached hydrogen (secondary N) is 2. The van der Waals surface area contributed by atoms with E-state index >= 15 is 0 Å². The van der Waals surface area contributed by atoms with E-state index in [1.807, 2.05) is 19.9 Å². The molecule has 2 N–H and O–H groups in total. The van der Waals surface area contributed by atoms with Crippen LogP contribution in [-0.2, 0) is 9.84 Å². The molecule has 4 aromatic rings. The van der Waals surface area contributed by atoms with E-state index in [1.165, 1.54) is 12.6 Å². The van der Waals surface area contributed by atoms with Crippen molar-refractivity contribution in [3.63, 3.8) is 0 Å². The number of benzene rings is 2. The summed E-state index contributed by atoms with van der Waals surface area (Å²) in [4.78, 5) is 15.9. The van der Waals surface area contributed by atoms with Gasteiger partial charge in [0.25, 0.3) is 0 Å². The molecule has 10 heteroatoms. The van der Waals surface area contributed by atoms with Crippen LogP contribution in [0.15, 0.2) is 47.9 Å². The zero-order valence-corrected chi connectivity index (χ0v) is 19.5. The lowest BCUT2D eigenvalue weighted by molar-refractivity contribution is 0.409. The minimum Gasteiger partial charge on any atom is -0.496 e. The molecular formula is C22H22ClN5O3S.